The third-order valence-corrected chi connectivity index (χ3v) is 3.67. The number of benzene rings is 2. The van der Waals surface area contributed by atoms with Crippen LogP contribution < -0.4 is 21.1 Å². The first kappa shape index (κ1) is 20.8. The first-order valence-electron chi connectivity index (χ1n) is 8.75. The Bertz CT molecular complexity index is 768. The lowest BCUT2D eigenvalue weighted by atomic mass is 10.1. The van der Waals surface area contributed by atoms with Crippen molar-refractivity contribution in [3.63, 3.8) is 0 Å². The van der Waals surface area contributed by atoms with E-state index in [1.807, 2.05) is 60.7 Å². The highest BCUT2D eigenvalue weighted by Crippen LogP contribution is 2.07. The van der Waals surface area contributed by atoms with Crippen LogP contribution in [0.1, 0.15) is 5.56 Å². The summed E-state index contributed by atoms with van der Waals surface area (Å²) in [5.74, 6) is -0.509. The number of nitrogens with two attached hydrogens (primary N) is 1. The minimum Gasteiger partial charge on any atom is -0.492 e. The molecule has 0 radical (unpaired) electrons. The van der Waals surface area contributed by atoms with Gasteiger partial charge in [-0.25, -0.2) is 9.59 Å². The van der Waals surface area contributed by atoms with Crippen LogP contribution in [-0.2, 0) is 20.7 Å². The molecule has 0 saturated heterocycles. The predicted octanol–water partition coefficient (Wildman–Crippen LogP) is 1.00. The summed E-state index contributed by atoms with van der Waals surface area (Å²) in [5.41, 5.74) is 5.94. The summed E-state index contributed by atoms with van der Waals surface area (Å²) in [6, 6.07) is 16.4. The minimum absolute atomic E-state index is 0.204. The molecule has 0 heterocycles. The van der Waals surface area contributed by atoms with Crippen LogP contribution in [0.3, 0.4) is 0 Å². The zero-order valence-electron chi connectivity index (χ0n) is 15.3. The van der Waals surface area contributed by atoms with E-state index in [0.717, 1.165) is 5.56 Å². The average molecular weight is 385 g/mol. The second-order valence-corrected chi connectivity index (χ2v) is 5.87. The molecule has 2 rings (SSSR count). The van der Waals surface area contributed by atoms with Crippen LogP contribution in [0.4, 0.5) is 4.79 Å². The van der Waals surface area contributed by atoms with Crippen LogP contribution in [0.5, 0.6) is 5.75 Å². The van der Waals surface area contributed by atoms with Crippen LogP contribution in [0.25, 0.3) is 0 Å². The van der Waals surface area contributed by atoms with E-state index in [0.29, 0.717) is 5.75 Å². The first-order chi connectivity index (χ1) is 13.5. The SMILES string of the molecule is NC(=O)N[C@@H](Cc1ccccc1)C(=O)OCC(=O)NCCOc1ccccc1. The Morgan fingerprint density at radius 2 is 1.61 bits per heavy atom. The van der Waals surface area contributed by atoms with Gasteiger partial charge in [-0.3, -0.25) is 4.79 Å². The molecular weight excluding hydrogens is 362 g/mol. The molecule has 2 aromatic rings. The number of nitrogens with one attached hydrogen (secondary N) is 2. The molecule has 0 bridgehead atoms. The maximum atomic E-state index is 12.2. The number of rotatable bonds is 10. The maximum absolute atomic E-state index is 12.2. The van der Waals surface area contributed by atoms with Crippen molar-refractivity contribution in [3.05, 3.63) is 66.2 Å². The largest absolute Gasteiger partial charge is 0.492 e. The van der Waals surface area contributed by atoms with Gasteiger partial charge in [-0.1, -0.05) is 48.5 Å². The van der Waals surface area contributed by atoms with Crippen LogP contribution in [0.15, 0.2) is 60.7 Å². The van der Waals surface area contributed by atoms with Gasteiger partial charge in [0, 0.05) is 6.42 Å². The minimum atomic E-state index is -0.978. The van der Waals surface area contributed by atoms with E-state index < -0.39 is 30.6 Å². The molecule has 0 fully saturated rings. The van der Waals surface area contributed by atoms with Crippen LogP contribution >= 0.6 is 0 Å². The standard InChI is InChI=1S/C20H23N3O5/c21-20(26)23-17(13-15-7-3-1-4-8-15)19(25)28-14-18(24)22-11-12-27-16-9-5-2-6-10-16/h1-10,17H,11-14H2,(H,22,24)(H3,21,23,26)/t17-/m0/s1. The summed E-state index contributed by atoms with van der Waals surface area (Å²) in [4.78, 5) is 35.2. The Balaban J connectivity index is 1.72. The van der Waals surface area contributed by atoms with Crippen molar-refractivity contribution in [3.8, 4) is 5.75 Å². The average Bonchev–Trinajstić information content (AvgIpc) is 2.70. The molecule has 0 aliphatic carbocycles. The third kappa shape index (κ3) is 7.77. The fourth-order valence-corrected chi connectivity index (χ4v) is 2.38. The fraction of sp³-hybridized carbons (Fsp3) is 0.250. The van der Waals surface area contributed by atoms with Crippen LogP contribution in [-0.4, -0.2) is 43.7 Å². The molecule has 0 aliphatic rings. The molecule has 8 heteroatoms. The summed E-state index contributed by atoms with van der Waals surface area (Å²) in [7, 11) is 0. The molecule has 0 unspecified atom stereocenters. The number of esters is 1. The summed E-state index contributed by atoms with van der Waals surface area (Å²) in [6.45, 7) is 0.0811. The molecule has 2 aromatic carbocycles. The van der Waals surface area contributed by atoms with Crippen molar-refractivity contribution >= 4 is 17.9 Å². The van der Waals surface area contributed by atoms with Crippen molar-refractivity contribution < 1.29 is 23.9 Å². The maximum Gasteiger partial charge on any atom is 0.329 e. The van der Waals surface area contributed by atoms with E-state index in [-0.39, 0.29) is 19.6 Å². The lowest BCUT2D eigenvalue weighted by Crippen LogP contribution is -2.46. The second kappa shape index (κ2) is 11.2. The molecule has 0 saturated carbocycles. The van der Waals surface area contributed by atoms with Crippen molar-refractivity contribution in [2.24, 2.45) is 5.73 Å². The van der Waals surface area contributed by atoms with Crippen LogP contribution in [0, 0.1) is 0 Å². The van der Waals surface area contributed by atoms with Crippen molar-refractivity contribution in [1.29, 1.82) is 0 Å². The van der Waals surface area contributed by atoms with Gasteiger partial charge in [-0.2, -0.15) is 0 Å². The van der Waals surface area contributed by atoms with Gasteiger partial charge >= 0.3 is 12.0 Å². The smallest absolute Gasteiger partial charge is 0.329 e. The van der Waals surface area contributed by atoms with Crippen molar-refractivity contribution in [2.45, 2.75) is 12.5 Å². The van der Waals surface area contributed by atoms with E-state index >= 15 is 0 Å². The lowest BCUT2D eigenvalue weighted by Gasteiger charge is -2.16. The lowest BCUT2D eigenvalue weighted by molar-refractivity contribution is -0.150. The highest BCUT2D eigenvalue weighted by molar-refractivity contribution is 5.85. The summed E-state index contributed by atoms with van der Waals surface area (Å²) in [5, 5.41) is 4.92. The number of ether oxygens (including phenoxy) is 2. The van der Waals surface area contributed by atoms with Gasteiger partial charge in [0.2, 0.25) is 0 Å². The number of carbonyl (C=O) groups excluding carboxylic acids is 3. The summed E-state index contributed by atoms with van der Waals surface area (Å²) < 4.78 is 10.4. The van der Waals surface area contributed by atoms with Crippen LogP contribution in [0.2, 0.25) is 0 Å². The van der Waals surface area contributed by atoms with Gasteiger partial charge in [0.05, 0.1) is 6.54 Å². The van der Waals surface area contributed by atoms with Gasteiger partial charge in [-0.05, 0) is 17.7 Å². The molecule has 8 nitrogen and oxygen atoms in total. The quantitative estimate of drug-likeness (QED) is 0.416. The van der Waals surface area contributed by atoms with E-state index in [2.05, 4.69) is 10.6 Å². The Morgan fingerprint density at radius 3 is 2.25 bits per heavy atom. The molecule has 148 valence electrons. The molecule has 0 aliphatic heterocycles. The Morgan fingerprint density at radius 1 is 0.964 bits per heavy atom. The number of hydrogen-bond acceptors (Lipinski definition) is 5. The fourth-order valence-electron chi connectivity index (χ4n) is 2.38. The number of para-hydroxylation sites is 1. The van der Waals surface area contributed by atoms with Gasteiger partial charge in [0.1, 0.15) is 18.4 Å². The van der Waals surface area contributed by atoms with E-state index in [9.17, 15) is 14.4 Å². The van der Waals surface area contributed by atoms with Crippen molar-refractivity contribution in [2.75, 3.05) is 19.8 Å². The predicted molar refractivity (Wildman–Crippen MR) is 103 cm³/mol. The van der Waals surface area contributed by atoms with Gasteiger partial charge in [0.25, 0.3) is 5.91 Å². The number of carbonyl (C=O) groups is 3. The first-order valence-corrected chi connectivity index (χ1v) is 8.75. The number of hydrogen-bond donors (Lipinski definition) is 3. The molecule has 1 atom stereocenters. The zero-order valence-corrected chi connectivity index (χ0v) is 15.3. The second-order valence-electron chi connectivity index (χ2n) is 5.87. The number of urea groups is 1. The number of amides is 3. The zero-order chi connectivity index (χ0) is 20.2. The van der Waals surface area contributed by atoms with Gasteiger partial charge in [-0.15, -0.1) is 0 Å². The van der Waals surface area contributed by atoms with E-state index in [1.54, 1.807) is 0 Å². The van der Waals surface area contributed by atoms with E-state index in [4.69, 9.17) is 15.2 Å². The topological polar surface area (TPSA) is 120 Å². The highest BCUT2D eigenvalue weighted by Gasteiger charge is 2.22. The Hall–Kier alpha value is -3.55. The molecule has 28 heavy (non-hydrogen) atoms. The molecule has 4 N–H and O–H groups in total. The summed E-state index contributed by atoms with van der Waals surface area (Å²) >= 11 is 0. The monoisotopic (exact) mass is 385 g/mol. The Kier molecular flexibility index (Phi) is 8.32. The molecule has 3 amide bonds. The molecule has 0 aromatic heterocycles. The molecule has 0 spiro atoms. The Labute approximate surface area is 163 Å². The van der Waals surface area contributed by atoms with Gasteiger partial charge < -0.3 is 25.8 Å². The van der Waals surface area contributed by atoms with E-state index in [1.165, 1.54) is 0 Å². The van der Waals surface area contributed by atoms with Crippen molar-refractivity contribution in [1.82, 2.24) is 10.6 Å². The normalized spacial score (nSPS) is 11.1. The van der Waals surface area contributed by atoms with Gasteiger partial charge in [0.15, 0.2) is 6.61 Å². The highest BCUT2D eigenvalue weighted by atomic mass is 16.5. The number of primary amides is 1. The third-order valence-electron chi connectivity index (χ3n) is 3.67. The summed E-state index contributed by atoms with van der Waals surface area (Å²) in [6.07, 6.45) is 0.204. The molecular formula is C20H23N3O5.